The predicted octanol–water partition coefficient (Wildman–Crippen LogP) is 2.72. The molecule has 0 radical (unpaired) electrons. The molecule has 2 nitrogen and oxygen atoms in total. The summed E-state index contributed by atoms with van der Waals surface area (Å²) in [4.78, 5) is 12.2. The Morgan fingerprint density at radius 3 is 2.83 bits per heavy atom. The molecule has 12 heavy (non-hydrogen) atoms. The Kier molecular flexibility index (Phi) is 3.52. The predicted molar refractivity (Wildman–Crippen MR) is 61.8 cm³/mol. The lowest BCUT2D eigenvalue weighted by atomic mass is 10.2. The molecular formula is C8H10INOS. The molecule has 0 atom stereocenters. The number of nitrogens with one attached hydrogen (secondary N) is 1. The topological polar surface area (TPSA) is 29.1 Å². The number of ketones is 1. The van der Waals surface area contributed by atoms with Crippen LogP contribution in [0, 0.1) is 6.92 Å². The van der Waals surface area contributed by atoms with Gasteiger partial charge in [0, 0.05) is 7.05 Å². The summed E-state index contributed by atoms with van der Waals surface area (Å²) in [7, 11) is 1.86. The van der Waals surface area contributed by atoms with Gasteiger partial charge in [-0.3, -0.25) is 4.79 Å². The minimum absolute atomic E-state index is 0.222. The molecule has 1 aromatic rings. The Morgan fingerprint density at radius 2 is 2.42 bits per heavy atom. The molecule has 0 aliphatic carbocycles. The molecule has 4 heteroatoms. The van der Waals surface area contributed by atoms with Crippen LogP contribution >= 0.6 is 33.9 Å². The van der Waals surface area contributed by atoms with E-state index in [1.54, 1.807) is 0 Å². The number of Topliss-reactive ketones (excluding diaryl/α,β-unsaturated/α-hetero) is 1. The number of carbonyl (C=O) groups excluding carboxylic acids is 1. The van der Waals surface area contributed by atoms with Gasteiger partial charge in [-0.1, -0.05) is 22.6 Å². The number of aryl methyl sites for hydroxylation is 1. The van der Waals surface area contributed by atoms with Crippen LogP contribution in [0.2, 0.25) is 0 Å². The lowest BCUT2D eigenvalue weighted by molar-refractivity contribution is 0.102. The van der Waals surface area contributed by atoms with E-state index in [1.165, 1.54) is 11.3 Å². The lowest BCUT2D eigenvalue weighted by Gasteiger charge is -1.91. The van der Waals surface area contributed by atoms with E-state index in [-0.39, 0.29) is 5.78 Å². The van der Waals surface area contributed by atoms with Crippen LogP contribution in [0.3, 0.4) is 0 Å². The molecule has 0 saturated carbocycles. The summed E-state index contributed by atoms with van der Waals surface area (Å²) in [5.74, 6) is 0.222. The fraction of sp³-hybridized carbons (Fsp3) is 0.375. The van der Waals surface area contributed by atoms with Crippen LogP contribution in [0.25, 0.3) is 0 Å². The largest absolute Gasteiger partial charge is 0.380 e. The van der Waals surface area contributed by atoms with E-state index in [4.69, 9.17) is 0 Å². The van der Waals surface area contributed by atoms with E-state index in [9.17, 15) is 4.79 Å². The standard InChI is InChI=1S/C8H10INOS/c1-5-3-7(10-2)12-8(5)6(11)4-9/h3,10H,4H2,1-2H3. The molecule has 0 bridgehead atoms. The van der Waals surface area contributed by atoms with E-state index < -0.39 is 0 Å². The average molecular weight is 295 g/mol. The highest BCUT2D eigenvalue weighted by atomic mass is 127. The van der Waals surface area contributed by atoms with Crippen molar-refractivity contribution in [3.63, 3.8) is 0 Å². The van der Waals surface area contributed by atoms with Crippen molar-refractivity contribution in [3.05, 3.63) is 16.5 Å². The first-order valence-electron chi connectivity index (χ1n) is 3.56. The van der Waals surface area contributed by atoms with Gasteiger partial charge in [-0.05, 0) is 18.6 Å². The zero-order valence-corrected chi connectivity index (χ0v) is 9.95. The molecule has 66 valence electrons. The van der Waals surface area contributed by atoms with Gasteiger partial charge in [-0.15, -0.1) is 11.3 Å². The van der Waals surface area contributed by atoms with Gasteiger partial charge >= 0.3 is 0 Å². The zero-order chi connectivity index (χ0) is 9.14. The van der Waals surface area contributed by atoms with Crippen molar-refractivity contribution < 1.29 is 4.79 Å². The number of hydrogen-bond acceptors (Lipinski definition) is 3. The molecule has 0 aliphatic heterocycles. The lowest BCUT2D eigenvalue weighted by Crippen LogP contribution is -1.97. The molecule has 0 unspecified atom stereocenters. The Morgan fingerprint density at radius 1 is 1.75 bits per heavy atom. The highest BCUT2D eigenvalue weighted by Crippen LogP contribution is 2.26. The van der Waals surface area contributed by atoms with E-state index in [2.05, 4.69) is 27.9 Å². The minimum Gasteiger partial charge on any atom is -0.380 e. The van der Waals surface area contributed by atoms with E-state index in [0.717, 1.165) is 15.4 Å². The van der Waals surface area contributed by atoms with Gasteiger partial charge in [0.05, 0.1) is 14.3 Å². The third-order valence-electron chi connectivity index (χ3n) is 1.54. The van der Waals surface area contributed by atoms with Gasteiger partial charge < -0.3 is 5.32 Å². The summed E-state index contributed by atoms with van der Waals surface area (Å²) in [5, 5.41) is 4.09. The molecule has 0 saturated heterocycles. The monoisotopic (exact) mass is 295 g/mol. The number of carbonyl (C=O) groups is 1. The van der Waals surface area contributed by atoms with Crippen LogP contribution < -0.4 is 5.32 Å². The van der Waals surface area contributed by atoms with Gasteiger partial charge in [0.15, 0.2) is 5.78 Å². The van der Waals surface area contributed by atoms with Crippen LogP contribution in [-0.2, 0) is 0 Å². The third kappa shape index (κ3) is 1.98. The molecule has 1 N–H and O–H groups in total. The van der Waals surface area contributed by atoms with Gasteiger partial charge in [-0.25, -0.2) is 0 Å². The second-order valence-corrected chi connectivity index (χ2v) is 4.24. The Bertz CT molecular complexity index is 295. The van der Waals surface area contributed by atoms with Gasteiger partial charge in [0.2, 0.25) is 0 Å². The Hall–Kier alpha value is -0.100. The maximum atomic E-state index is 11.3. The highest BCUT2D eigenvalue weighted by molar-refractivity contribution is 14.1. The van der Waals surface area contributed by atoms with Crippen molar-refractivity contribution in [2.45, 2.75) is 6.92 Å². The number of rotatable bonds is 3. The number of alkyl halides is 1. The van der Waals surface area contributed by atoms with Crippen molar-refractivity contribution in [2.75, 3.05) is 16.8 Å². The number of hydrogen-bond donors (Lipinski definition) is 1. The smallest absolute Gasteiger partial charge is 0.182 e. The van der Waals surface area contributed by atoms with Crippen molar-refractivity contribution in [3.8, 4) is 0 Å². The maximum Gasteiger partial charge on any atom is 0.182 e. The van der Waals surface area contributed by atoms with Crippen LogP contribution in [0.5, 0.6) is 0 Å². The molecule has 0 aromatic carbocycles. The summed E-state index contributed by atoms with van der Waals surface area (Å²) in [6.07, 6.45) is 0. The van der Waals surface area contributed by atoms with Crippen LogP contribution in [0.1, 0.15) is 15.2 Å². The summed E-state index contributed by atoms with van der Waals surface area (Å²) < 4.78 is 0.558. The summed E-state index contributed by atoms with van der Waals surface area (Å²) in [6.45, 7) is 1.97. The second kappa shape index (κ2) is 4.23. The molecular weight excluding hydrogens is 285 g/mol. The maximum absolute atomic E-state index is 11.3. The fourth-order valence-corrected chi connectivity index (χ4v) is 2.55. The molecule has 0 aliphatic rings. The normalized spacial score (nSPS) is 9.92. The Balaban J connectivity index is 2.99. The number of halogens is 1. The van der Waals surface area contributed by atoms with E-state index >= 15 is 0 Å². The van der Waals surface area contributed by atoms with Crippen molar-refractivity contribution in [1.29, 1.82) is 0 Å². The average Bonchev–Trinajstić information content (AvgIpc) is 2.45. The van der Waals surface area contributed by atoms with Gasteiger partial charge in [0.25, 0.3) is 0 Å². The minimum atomic E-state index is 0.222. The van der Waals surface area contributed by atoms with Crippen molar-refractivity contribution in [2.24, 2.45) is 0 Å². The fourth-order valence-electron chi connectivity index (χ4n) is 0.943. The number of thiophene rings is 1. The van der Waals surface area contributed by atoms with Gasteiger partial charge in [-0.2, -0.15) is 0 Å². The van der Waals surface area contributed by atoms with Crippen LogP contribution in [0.15, 0.2) is 6.07 Å². The first-order valence-corrected chi connectivity index (χ1v) is 5.90. The second-order valence-electron chi connectivity index (χ2n) is 2.43. The molecule has 1 rings (SSSR count). The van der Waals surface area contributed by atoms with E-state index in [1.807, 2.05) is 20.0 Å². The third-order valence-corrected chi connectivity index (χ3v) is 3.53. The molecule has 0 spiro atoms. The van der Waals surface area contributed by atoms with Crippen LogP contribution in [-0.4, -0.2) is 17.3 Å². The molecule has 1 heterocycles. The van der Waals surface area contributed by atoms with Crippen LogP contribution in [0.4, 0.5) is 5.00 Å². The molecule has 0 amide bonds. The summed E-state index contributed by atoms with van der Waals surface area (Å²) >= 11 is 3.62. The van der Waals surface area contributed by atoms with Crippen molar-refractivity contribution >= 4 is 44.7 Å². The highest BCUT2D eigenvalue weighted by Gasteiger charge is 2.11. The molecule has 0 fully saturated rings. The van der Waals surface area contributed by atoms with Gasteiger partial charge in [0.1, 0.15) is 0 Å². The molecule has 1 aromatic heterocycles. The first-order chi connectivity index (χ1) is 5.69. The van der Waals surface area contributed by atoms with Crippen molar-refractivity contribution in [1.82, 2.24) is 0 Å². The zero-order valence-electron chi connectivity index (χ0n) is 6.98. The summed E-state index contributed by atoms with van der Waals surface area (Å²) in [5.41, 5.74) is 1.08. The number of anilines is 1. The SMILES string of the molecule is CNc1cc(C)c(C(=O)CI)s1. The first kappa shape index (κ1) is 9.98. The Labute approximate surface area is 89.5 Å². The van der Waals surface area contributed by atoms with E-state index in [0.29, 0.717) is 4.43 Å². The quantitative estimate of drug-likeness (QED) is 0.528. The summed E-state index contributed by atoms with van der Waals surface area (Å²) in [6, 6.07) is 2.00.